The van der Waals surface area contributed by atoms with Crippen LogP contribution in [0, 0.1) is 10.1 Å². The monoisotopic (exact) mass is 480 g/mol. The smallest absolute Gasteiger partial charge is 0.349 e. The van der Waals surface area contributed by atoms with Gasteiger partial charge in [-0.05, 0) is 35.9 Å². The first-order chi connectivity index (χ1) is 16.5. The molecule has 0 radical (unpaired) electrons. The van der Waals surface area contributed by atoms with Crippen LogP contribution in [-0.4, -0.2) is 54.5 Å². The van der Waals surface area contributed by atoms with E-state index in [1.165, 1.54) is 17.7 Å². The van der Waals surface area contributed by atoms with Crippen molar-refractivity contribution in [3.8, 4) is 0 Å². The molecule has 2 aromatic carbocycles. The zero-order valence-electron chi connectivity index (χ0n) is 18.4. The number of anilines is 2. The Morgan fingerprint density at radius 3 is 2.32 bits per heavy atom. The predicted octanol–water partition coefficient (Wildman–Crippen LogP) is 3.77. The van der Waals surface area contributed by atoms with Crippen molar-refractivity contribution in [3.63, 3.8) is 0 Å². The molecular formula is C24H24N4O5S. The van der Waals surface area contributed by atoms with Gasteiger partial charge in [-0.2, -0.15) is 0 Å². The molecule has 0 unspecified atom stereocenters. The molecule has 2 heterocycles. The minimum absolute atomic E-state index is 0.0766. The number of esters is 1. The SMILES string of the molecule is O=C(COC(=O)c1ccc([N+](=O)[O-])s1)Nc1ccc(N2CCN(Cc3ccccc3)CC2)cc1. The summed E-state index contributed by atoms with van der Waals surface area (Å²) in [6.45, 7) is 4.28. The highest BCUT2D eigenvalue weighted by molar-refractivity contribution is 7.17. The molecule has 0 saturated carbocycles. The quantitative estimate of drug-likeness (QED) is 0.297. The van der Waals surface area contributed by atoms with Crippen LogP contribution in [0.1, 0.15) is 15.2 Å². The van der Waals surface area contributed by atoms with Gasteiger partial charge in [0.15, 0.2) is 6.61 Å². The summed E-state index contributed by atoms with van der Waals surface area (Å²) >= 11 is 0.707. The second-order valence-electron chi connectivity index (χ2n) is 7.81. The number of carbonyl (C=O) groups excluding carboxylic acids is 2. The van der Waals surface area contributed by atoms with Gasteiger partial charge < -0.3 is 15.0 Å². The molecule has 4 rings (SSSR count). The number of carbonyl (C=O) groups is 2. The summed E-state index contributed by atoms with van der Waals surface area (Å²) in [6.07, 6.45) is 0. The number of hydrogen-bond donors (Lipinski definition) is 1. The molecule has 3 aromatic rings. The van der Waals surface area contributed by atoms with Crippen molar-refractivity contribution in [1.29, 1.82) is 0 Å². The lowest BCUT2D eigenvalue weighted by Crippen LogP contribution is -2.45. The minimum atomic E-state index is -0.769. The molecule has 1 aliphatic rings. The molecule has 9 nitrogen and oxygen atoms in total. The van der Waals surface area contributed by atoms with E-state index >= 15 is 0 Å². The first kappa shape index (κ1) is 23.4. The first-order valence-corrected chi connectivity index (χ1v) is 11.6. The van der Waals surface area contributed by atoms with Crippen molar-refractivity contribution in [3.05, 3.63) is 87.3 Å². The molecule has 0 atom stereocenters. The normalized spacial score (nSPS) is 13.9. The van der Waals surface area contributed by atoms with Crippen molar-refractivity contribution >= 4 is 39.6 Å². The van der Waals surface area contributed by atoms with E-state index < -0.39 is 23.4 Å². The topological polar surface area (TPSA) is 105 Å². The molecule has 1 amide bonds. The van der Waals surface area contributed by atoms with Crippen molar-refractivity contribution in [1.82, 2.24) is 4.90 Å². The Morgan fingerprint density at radius 1 is 0.971 bits per heavy atom. The average Bonchev–Trinajstić information content (AvgIpc) is 3.35. The highest BCUT2D eigenvalue weighted by Crippen LogP contribution is 2.24. The fourth-order valence-electron chi connectivity index (χ4n) is 3.70. The van der Waals surface area contributed by atoms with Gasteiger partial charge in [0, 0.05) is 50.2 Å². The van der Waals surface area contributed by atoms with Crippen LogP contribution in [0.5, 0.6) is 0 Å². The average molecular weight is 481 g/mol. The molecule has 0 spiro atoms. The maximum Gasteiger partial charge on any atom is 0.349 e. The van der Waals surface area contributed by atoms with Gasteiger partial charge in [-0.25, -0.2) is 4.79 Å². The molecule has 1 aliphatic heterocycles. The summed E-state index contributed by atoms with van der Waals surface area (Å²) in [5.41, 5.74) is 3.00. The summed E-state index contributed by atoms with van der Waals surface area (Å²) in [7, 11) is 0. The standard InChI is InChI=1S/C24H24N4O5S/c29-22(17-33-24(30)21-10-11-23(34-21)28(31)32)25-19-6-8-20(9-7-19)27-14-12-26(13-15-27)16-18-4-2-1-3-5-18/h1-11H,12-17H2,(H,25,29). The summed E-state index contributed by atoms with van der Waals surface area (Å²) in [6, 6.07) is 20.5. The summed E-state index contributed by atoms with van der Waals surface area (Å²) in [5, 5.41) is 13.2. The van der Waals surface area contributed by atoms with E-state index in [2.05, 4.69) is 39.4 Å². The molecule has 1 saturated heterocycles. The number of hydrogen-bond acceptors (Lipinski definition) is 8. The number of rotatable bonds is 8. The van der Waals surface area contributed by atoms with E-state index in [0.717, 1.165) is 38.4 Å². The van der Waals surface area contributed by atoms with Gasteiger partial charge in [0.25, 0.3) is 5.91 Å². The molecule has 34 heavy (non-hydrogen) atoms. The van der Waals surface area contributed by atoms with E-state index in [4.69, 9.17) is 4.74 Å². The fraction of sp³-hybridized carbons (Fsp3) is 0.250. The maximum absolute atomic E-state index is 12.1. The van der Waals surface area contributed by atoms with Gasteiger partial charge in [0.05, 0.1) is 4.92 Å². The Morgan fingerprint density at radius 2 is 1.68 bits per heavy atom. The second kappa shape index (κ2) is 10.9. The zero-order valence-corrected chi connectivity index (χ0v) is 19.2. The molecular weight excluding hydrogens is 456 g/mol. The predicted molar refractivity (Wildman–Crippen MR) is 130 cm³/mol. The number of nitro groups is 1. The van der Waals surface area contributed by atoms with Crippen LogP contribution < -0.4 is 10.2 Å². The van der Waals surface area contributed by atoms with E-state index in [1.807, 2.05) is 30.3 Å². The Labute approximate surface area is 200 Å². The number of ether oxygens (including phenoxy) is 1. The Hall–Kier alpha value is -3.76. The van der Waals surface area contributed by atoms with Crippen LogP contribution in [-0.2, 0) is 16.1 Å². The summed E-state index contributed by atoms with van der Waals surface area (Å²) in [5.74, 6) is -1.25. The van der Waals surface area contributed by atoms with Gasteiger partial charge in [-0.15, -0.1) is 0 Å². The maximum atomic E-state index is 12.1. The van der Waals surface area contributed by atoms with Gasteiger partial charge in [-0.3, -0.25) is 19.8 Å². The largest absolute Gasteiger partial charge is 0.451 e. The number of piperazine rings is 1. The number of thiophene rings is 1. The summed E-state index contributed by atoms with van der Waals surface area (Å²) < 4.78 is 4.95. The van der Waals surface area contributed by atoms with Crippen LogP contribution in [0.3, 0.4) is 0 Å². The molecule has 1 aromatic heterocycles. The third-order valence-corrected chi connectivity index (χ3v) is 6.46. The number of nitrogens with zero attached hydrogens (tertiary/aromatic N) is 3. The lowest BCUT2D eigenvalue weighted by atomic mass is 10.2. The third kappa shape index (κ3) is 6.18. The second-order valence-corrected chi connectivity index (χ2v) is 8.88. The van der Waals surface area contributed by atoms with E-state index in [9.17, 15) is 19.7 Å². The summed E-state index contributed by atoms with van der Waals surface area (Å²) in [4.78, 5) is 39.0. The van der Waals surface area contributed by atoms with Crippen LogP contribution in [0.2, 0.25) is 0 Å². The number of benzene rings is 2. The van der Waals surface area contributed by atoms with Gasteiger partial charge in [0.1, 0.15) is 4.88 Å². The van der Waals surface area contributed by atoms with Gasteiger partial charge >= 0.3 is 11.0 Å². The van der Waals surface area contributed by atoms with Crippen molar-refractivity contribution < 1.29 is 19.2 Å². The van der Waals surface area contributed by atoms with Crippen molar-refractivity contribution in [2.75, 3.05) is 43.0 Å². The van der Waals surface area contributed by atoms with E-state index in [-0.39, 0.29) is 9.88 Å². The van der Waals surface area contributed by atoms with Crippen LogP contribution >= 0.6 is 11.3 Å². The Bertz CT molecular complexity index is 1140. The zero-order chi connectivity index (χ0) is 23.9. The fourth-order valence-corrected chi connectivity index (χ4v) is 4.41. The Kier molecular flexibility index (Phi) is 7.51. The van der Waals surface area contributed by atoms with Crippen molar-refractivity contribution in [2.24, 2.45) is 0 Å². The Balaban J connectivity index is 1.21. The minimum Gasteiger partial charge on any atom is -0.451 e. The lowest BCUT2D eigenvalue weighted by molar-refractivity contribution is -0.380. The molecule has 10 heteroatoms. The number of nitrogens with one attached hydrogen (secondary N) is 1. The lowest BCUT2D eigenvalue weighted by Gasteiger charge is -2.36. The highest BCUT2D eigenvalue weighted by atomic mass is 32.1. The third-order valence-electron chi connectivity index (χ3n) is 5.44. The molecule has 1 fully saturated rings. The number of amides is 1. The van der Waals surface area contributed by atoms with Crippen LogP contribution in [0.25, 0.3) is 0 Å². The first-order valence-electron chi connectivity index (χ1n) is 10.8. The van der Waals surface area contributed by atoms with Gasteiger partial charge in [-0.1, -0.05) is 41.7 Å². The molecule has 176 valence electrons. The molecule has 1 N–H and O–H groups in total. The van der Waals surface area contributed by atoms with Crippen molar-refractivity contribution in [2.45, 2.75) is 6.54 Å². The molecule has 0 bridgehead atoms. The highest BCUT2D eigenvalue weighted by Gasteiger charge is 2.19. The van der Waals surface area contributed by atoms with Gasteiger partial charge in [0.2, 0.25) is 0 Å². The van der Waals surface area contributed by atoms with E-state index in [1.54, 1.807) is 0 Å². The van der Waals surface area contributed by atoms with Crippen LogP contribution in [0.4, 0.5) is 16.4 Å². The van der Waals surface area contributed by atoms with E-state index in [0.29, 0.717) is 17.0 Å². The van der Waals surface area contributed by atoms with Crippen LogP contribution in [0.15, 0.2) is 66.7 Å². The molecule has 0 aliphatic carbocycles.